The van der Waals surface area contributed by atoms with Gasteiger partial charge in [0.05, 0.1) is 62.0 Å². The average molecular weight is 848 g/mol. The first kappa shape index (κ1) is 43.5. The van der Waals surface area contributed by atoms with E-state index in [4.69, 9.17) is 23.7 Å². The van der Waals surface area contributed by atoms with E-state index in [-0.39, 0.29) is 47.5 Å². The number of carbonyl (C=O) groups excluding carboxylic acids is 3. The molecule has 0 radical (unpaired) electrons. The zero-order valence-electron chi connectivity index (χ0n) is 34.1. The summed E-state index contributed by atoms with van der Waals surface area (Å²) < 4.78 is 29.4. The Labute approximate surface area is 353 Å². The molecule has 2 saturated heterocycles. The van der Waals surface area contributed by atoms with Gasteiger partial charge >= 0.3 is 6.09 Å². The molecule has 4 heterocycles. The van der Waals surface area contributed by atoms with Gasteiger partial charge in [-0.05, 0) is 81.7 Å². The highest BCUT2D eigenvalue weighted by atomic mass is 33.1. The lowest BCUT2D eigenvalue weighted by atomic mass is 10.1. The first-order valence-corrected chi connectivity index (χ1v) is 21.8. The summed E-state index contributed by atoms with van der Waals surface area (Å²) in [5.74, 6) is 1.26. The molecule has 2 N–H and O–H groups in total. The number of amides is 3. The molecule has 1 unspecified atom stereocenters. The highest BCUT2D eigenvalue weighted by Gasteiger charge is 2.46. The van der Waals surface area contributed by atoms with Crippen molar-refractivity contribution in [3.8, 4) is 23.0 Å². The summed E-state index contributed by atoms with van der Waals surface area (Å²) in [6.45, 7) is 17.8. The number of ether oxygens (including phenoxy) is 5. The molecule has 0 aromatic heterocycles. The van der Waals surface area contributed by atoms with Gasteiger partial charge in [0.25, 0.3) is 11.8 Å². The van der Waals surface area contributed by atoms with Gasteiger partial charge in [0.1, 0.15) is 11.6 Å². The third kappa shape index (κ3) is 9.88. The number of rotatable bonds is 17. The summed E-state index contributed by atoms with van der Waals surface area (Å²) in [6, 6.07) is 6.03. The smallest absolute Gasteiger partial charge is 0.416 e. The Morgan fingerprint density at radius 2 is 1.59 bits per heavy atom. The Bertz CT molecular complexity index is 2020. The molecule has 4 atom stereocenters. The summed E-state index contributed by atoms with van der Waals surface area (Å²) in [6.07, 6.45) is 6.65. The molecule has 4 aliphatic heterocycles. The Morgan fingerprint density at radius 1 is 0.949 bits per heavy atom. The Morgan fingerprint density at radius 3 is 2.27 bits per heavy atom. The van der Waals surface area contributed by atoms with Gasteiger partial charge in [0.15, 0.2) is 29.2 Å². The quantitative estimate of drug-likeness (QED) is 0.0535. The number of hydrogen-bond acceptors (Lipinski definition) is 13. The van der Waals surface area contributed by atoms with Crippen LogP contribution in [-0.2, 0) is 4.74 Å². The third-order valence-corrected chi connectivity index (χ3v) is 13.2. The molecule has 4 aliphatic rings. The first-order valence-electron chi connectivity index (χ1n) is 19.6. The highest BCUT2D eigenvalue weighted by molar-refractivity contribution is 8.78. The number of nitrogens with zero attached hydrogens (tertiary/aromatic N) is 4. The molecule has 6 rings (SSSR count). The van der Waals surface area contributed by atoms with Gasteiger partial charge in [-0.15, -0.1) is 0 Å². The van der Waals surface area contributed by atoms with Crippen LogP contribution in [0, 0.1) is 0 Å². The maximum absolute atomic E-state index is 14.0. The summed E-state index contributed by atoms with van der Waals surface area (Å²) in [7, 11) is 5.92. The number of allylic oxidation sites excluding steroid dienone is 3. The fourth-order valence-electron chi connectivity index (χ4n) is 7.47. The van der Waals surface area contributed by atoms with Crippen molar-refractivity contribution in [2.24, 2.45) is 4.99 Å². The first-order chi connectivity index (χ1) is 28.5. The number of aliphatic hydroxyl groups excluding tert-OH is 1. The van der Waals surface area contributed by atoms with Crippen molar-refractivity contribution in [3.63, 3.8) is 0 Å². The molecule has 316 valence electrons. The van der Waals surface area contributed by atoms with Gasteiger partial charge in [-0.3, -0.25) is 14.6 Å². The zero-order chi connectivity index (χ0) is 42.2. The zero-order valence-corrected chi connectivity index (χ0v) is 35.7. The number of carbonyl (C=O) groups is 3. The molecule has 0 aliphatic carbocycles. The molecule has 14 nitrogen and oxygen atoms in total. The fraction of sp³-hybridized carbons (Fsp3) is 0.442. The van der Waals surface area contributed by atoms with Crippen molar-refractivity contribution in [3.05, 3.63) is 83.0 Å². The molecule has 2 aromatic carbocycles. The van der Waals surface area contributed by atoms with Gasteiger partial charge in [-0.1, -0.05) is 47.3 Å². The van der Waals surface area contributed by atoms with Crippen LogP contribution >= 0.6 is 21.6 Å². The summed E-state index contributed by atoms with van der Waals surface area (Å²) in [5.41, 5.74) is 3.43. The van der Waals surface area contributed by atoms with Crippen LogP contribution in [-0.4, -0.2) is 117 Å². The molecule has 0 saturated carbocycles. The van der Waals surface area contributed by atoms with E-state index in [1.807, 2.05) is 43.0 Å². The predicted molar refractivity (Wildman–Crippen MR) is 233 cm³/mol. The van der Waals surface area contributed by atoms with E-state index in [9.17, 15) is 19.5 Å². The highest BCUT2D eigenvalue weighted by Crippen LogP contribution is 2.43. The molecular formula is C43H53N5O9S2. The van der Waals surface area contributed by atoms with E-state index < -0.39 is 18.4 Å². The van der Waals surface area contributed by atoms with Crippen LogP contribution in [0.25, 0.3) is 0 Å². The third-order valence-electron chi connectivity index (χ3n) is 10.4. The van der Waals surface area contributed by atoms with Gasteiger partial charge in [0.2, 0.25) is 0 Å². The molecule has 3 amide bonds. The maximum atomic E-state index is 14.0. The van der Waals surface area contributed by atoms with Gasteiger partial charge in [-0.25, -0.2) is 9.69 Å². The van der Waals surface area contributed by atoms with Crippen LogP contribution in [0.15, 0.2) is 76.8 Å². The normalized spacial score (nSPS) is 20.6. The van der Waals surface area contributed by atoms with E-state index in [0.29, 0.717) is 79.2 Å². The Hall–Kier alpha value is -5.06. The molecule has 0 bridgehead atoms. The monoisotopic (exact) mass is 847 g/mol. The minimum absolute atomic E-state index is 0.0348. The summed E-state index contributed by atoms with van der Waals surface area (Å²) in [4.78, 5) is 49.7. The number of aliphatic imine (C=N–C) groups is 1. The summed E-state index contributed by atoms with van der Waals surface area (Å²) >= 11 is 0. The largest absolute Gasteiger partial charge is 0.493 e. The number of benzene rings is 2. The van der Waals surface area contributed by atoms with E-state index in [1.54, 1.807) is 25.3 Å². The second-order valence-corrected chi connectivity index (χ2v) is 17.4. The topological polar surface area (TPSA) is 152 Å². The van der Waals surface area contributed by atoms with Crippen molar-refractivity contribution in [1.82, 2.24) is 9.80 Å². The predicted octanol–water partition coefficient (Wildman–Crippen LogP) is 7.46. The Balaban J connectivity index is 1.08. The molecule has 0 spiro atoms. The van der Waals surface area contributed by atoms with Gasteiger partial charge in [-0.2, -0.15) is 0 Å². The van der Waals surface area contributed by atoms with Crippen LogP contribution in [0.2, 0.25) is 0 Å². The SMILES string of the molecule is C=N/C(=C\C=C/C)SS[C@H](C)COC(=O)N1c2cc(OCCCCCOc3cc4c(cc3OC)C(=O)N3CC(=C)CC3CN4)c(OC)cc2C(=O)N2CC(=C)C[C@H]2[C@@H]1O. The van der Waals surface area contributed by atoms with Crippen molar-refractivity contribution >= 4 is 57.6 Å². The number of fused-ring (bicyclic) bond motifs is 4. The maximum Gasteiger partial charge on any atom is 0.416 e. The van der Waals surface area contributed by atoms with Crippen molar-refractivity contribution < 1.29 is 43.2 Å². The van der Waals surface area contributed by atoms with Crippen LogP contribution in [0.1, 0.15) is 66.7 Å². The average Bonchev–Trinajstić information content (AvgIpc) is 3.77. The number of unbranched alkanes of at least 4 members (excludes halogenated alkanes) is 2. The molecular weight excluding hydrogens is 795 g/mol. The molecule has 16 heteroatoms. The molecule has 2 fully saturated rings. The minimum atomic E-state index is -1.40. The minimum Gasteiger partial charge on any atom is -0.493 e. The Kier molecular flexibility index (Phi) is 14.6. The number of nitrogens with one attached hydrogen (secondary N) is 1. The standard InChI is InChI=1S/C43H53N5O9S2/c1-8-9-13-39(44-5)59-58-28(4)25-57-43(52)48-33-21-38(36(54-7)19-31(33)41(50)47-24-27(3)17-34(47)42(48)51)56-15-12-10-11-14-55-37-20-32-30(18-35(37)53-6)40(49)46-23-26(2)16-29(46)22-45-32/h8-9,13,18-21,28-29,34,42,45,51H,2-3,5,10-12,14-17,22-25H2,1,4,6-7H3/b9-8-,39-13+/t28-,29?,34+,42+/m1/s1. The fourth-order valence-corrected chi connectivity index (χ4v) is 9.32. The second-order valence-electron chi connectivity index (χ2n) is 14.7. The van der Waals surface area contributed by atoms with Crippen LogP contribution in [0.3, 0.4) is 0 Å². The molecule has 2 aromatic rings. The van der Waals surface area contributed by atoms with Crippen LogP contribution < -0.4 is 29.2 Å². The van der Waals surface area contributed by atoms with Crippen molar-refractivity contribution in [2.45, 2.75) is 69.5 Å². The summed E-state index contributed by atoms with van der Waals surface area (Å²) in [5, 5.41) is 15.7. The van der Waals surface area contributed by atoms with Gasteiger partial charge in [0, 0.05) is 37.0 Å². The van der Waals surface area contributed by atoms with Gasteiger partial charge < -0.3 is 43.9 Å². The number of anilines is 2. The number of aliphatic hydroxyl groups is 1. The van der Waals surface area contributed by atoms with Crippen LogP contribution in [0.5, 0.6) is 23.0 Å². The van der Waals surface area contributed by atoms with E-state index >= 15 is 0 Å². The lowest BCUT2D eigenvalue weighted by Gasteiger charge is -2.31. The number of hydrogen-bond donors (Lipinski definition) is 2. The molecule has 59 heavy (non-hydrogen) atoms. The van der Waals surface area contributed by atoms with E-state index in [0.717, 1.165) is 34.6 Å². The van der Waals surface area contributed by atoms with E-state index in [1.165, 1.54) is 33.6 Å². The van der Waals surface area contributed by atoms with Crippen molar-refractivity contribution in [1.29, 1.82) is 0 Å². The van der Waals surface area contributed by atoms with E-state index in [2.05, 4.69) is 30.2 Å². The van der Waals surface area contributed by atoms with Crippen LogP contribution in [0.4, 0.5) is 16.2 Å². The lowest BCUT2D eigenvalue weighted by Crippen LogP contribution is -2.51. The second kappa shape index (κ2) is 19.8. The number of methoxy groups -OCH3 is 2. The lowest BCUT2D eigenvalue weighted by molar-refractivity contribution is 0.0491. The van der Waals surface area contributed by atoms with Crippen molar-refractivity contribution in [2.75, 3.05) is 63.9 Å².